The van der Waals surface area contributed by atoms with Crippen LogP contribution in [0.5, 0.6) is 0 Å². The number of hydrogen-bond acceptors (Lipinski definition) is 3. The highest BCUT2D eigenvalue weighted by Crippen LogP contribution is 2.12. The van der Waals surface area contributed by atoms with Crippen LogP contribution in [-0.4, -0.2) is 11.4 Å². The second-order valence-electron chi connectivity index (χ2n) is 4.82. The summed E-state index contributed by atoms with van der Waals surface area (Å²) in [5, 5.41) is 8.56. The molecular weight excluding hydrogens is 278 g/mol. The van der Waals surface area contributed by atoms with Gasteiger partial charge in [-0.2, -0.15) is 5.10 Å². The maximum absolute atomic E-state index is 5.85. The monoisotopic (exact) mass is 297 g/mol. The van der Waals surface area contributed by atoms with Crippen molar-refractivity contribution >= 4 is 23.1 Å². The molecule has 0 spiro atoms. The second-order valence-corrected chi connectivity index (χ2v) is 5.81. The average Bonchev–Trinajstić information content (AvgIpc) is 2.48. The second kappa shape index (κ2) is 7.64. The highest BCUT2D eigenvalue weighted by Gasteiger charge is 1.97. The minimum atomic E-state index is 0.472. The van der Waals surface area contributed by atoms with Crippen LogP contribution in [0, 0.1) is 13.8 Å². The van der Waals surface area contributed by atoms with Gasteiger partial charge < -0.3 is 5.73 Å². The first-order valence-electron chi connectivity index (χ1n) is 6.75. The van der Waals surface area contributed by atoms with Gasteiger partial charge >= 0.3 is 0 Å². The van der Waals surface area contributed by atoms with Crippen molar-refractivity contribution < 1.29 is 0 Å². The molecular formula is C17H19N3S. The molecule has 0 unspecified atom stereocenters. The van der Waals surface area contributed by atoms with Gasteiger partial charge in [-0.15, -0.1) is 5.10 Å². The molecule has 21 heavy (non-hydrogen) atoms. The van der Waals surface area contributed by atoms with E-state index < -0.39 is 0 Å². The first kappa shape index (κ1) is 15.3. The quantitative estimate of drug-likeness (QED) is 0.529. The van der Waals surface area contributed by atoms with E-state index in [0.717, 1.165) is 11.3 Å². The van der Waals surface area contributed by atoms with Crippen LogP contribution >= 0.6 is 11.8 Å². The molecule has 0 aliphatic rings. The summed E-state index contributed by atoms with van der Waals surface area (Å²) in [7, 11) is 0. The normalized spacial score (nSPS) is 12.0. The van der Waals surface area contributed by atoms with Gasteiger partial charge in [0.05, 0.1) is 6.21 Å². The van der Waals surface area contributed by atoms with E-state index in [2.05, 4.69) is 48.3 Å². The fourth-order valence-corrected chi connectivity index (χ4v) is 2.49. The molecule has 0 aromatic heterocycles. The largest absolute Gasteiger partial charge is 0.377 e. The summed E-state index contributed by atoms with van der Waals surface area (Å²) in [6.07, 6.45) is 1.74. The molecule has 0 aliphatic heterocycles. The zero-order chi connectivity index (χ0) is 15.1. The fourth-order valence-electron chi connectivity index (χ4n) is 1.88. The molecule has 0 heterocycles. The lowest BCUT2D eigenvalue weighted by molar-refractivity contribution is 1.24. The molecule has 0 fully saturated rings. The topological polar surface area (TPSA) is 50.7 Å². The Labute approximate surface area is 130 Å². The third-order valence-electron chi connectivity index (χ3n) is 3.01. The minimum absolute atomic E-state index is 0.472. The molecule has 2 aromatic rings. The van der Waals surface area contributed by atoms with Gasteiger partial charge in [-0.1, -0.05) is 65.9 Å². The summed E-state index contributed by atoms with van der Waals surface area (Å²) >= 11 is 1.49. The Kier molecular flexibility index (Phi) is 5.58. The van der Waals surface area contributed by atoms with Crippen molar-refractivity contribution in [3.63, 3.8) is 0 Å². The number of hydrogen-bond donors (Lipinski definition) is 1. The van der Waals surface area contributed by atoms with E-state index >= 15 is 0 Å². The van der Waals surface area contributed by atoms with E-state index in [1.54, 1.807) is 6.21 Å². The molecule has 0 aliphatic carbocycles. The lowest BCUT2D eigenvalue weighted by Crippen LogP contribution is -2.06. The molecule has 0 saturated heterocycles. The van der Waals surface area contributed by atoms with Gasteiger partial charge in [0, 0.05) is 5.75 Å². The Morgan fingerprint density at radius 2 is 1.90 bits per heavy atom. The van der Waals surface area contributed by atoms with Crippen molar-refractivity contribution in [3.8, 4) is 0 Å². The van der Waals surface area contributed by atoms with Crippen LogP contribution in [0.3, 0.4) is 0 Å². The van der Waals surface area contributed by atoms with Crippen LogP contribution in [-0.2, 0) is 5.75 Å². The predicted molar refractivity (Wildman–Crippen MR) is 92.9 cm³/mol. The smallest absolute Gasteiger partial charge is 0.180 e. The maximum Gasteiger partial charge on any atom is 0.180 e. The van der Waals surface area contributed by atoms with Crippen LogP contribution in [0.25, 0.3) is 0 Å². The van der Waals surface area contributed by atoms with E-state index in [1.807, 2.05) is 24.3 Å². The van der Waals surface area contributed by atoms with Crippen LogP contribution in [0.15, 0.2) is 58.7 Å². The van der Waals surface area contributed by atoms with E-state index in [-0.39, 0.29) is 0 Å². The lowest BCUT2D eigenvalue weighted by atomic mass is 10.1. The van der Waals surface area contributed by atoms with Crippen LogP contribution in [0.4, 0.5) is 0 Å². The van der Waals surface area contributed by atoms with Gasteiger partial charge in [0.2, 0.25) is 0 Å². The van der Waals surface area contributed by atoms with Crippen molar-refractivity contribution in [1.29, 1.82) is 0 Å². The number of amidine groups is 1. The van der Waals surface area contributed by atoms with Crippen molar-refractivity contribution in [2.75, 3.05) is 0 Å². The molecule has 2 rings (SSSR count). The maximum atomic E-state index is 5.85. The number of nitrogens with zero attached hydrogens (tertiary/aromatic N) is 2. The Hall–Kier alpha value is -2.07. The van der Waals surface area contributed by atoms with E-state index in [0.29, 0.717) is 5.17 Å². The Morgan fingerprint density at radius 3 is 2.62 bits per heavy atom. The van der Waals surface area contributed by atoms with Gasteiger partial charge in [-0.3, -0.25) is 0 Å². The number of nitrogens with two attached hydrogens (primary N) is 1. The van der Waals surface area contributed by atoms with E-state index in [1.165, 1.54) is 28.5 Å². The Morgan fingerprint density at radius 1 is 1.14 bits per heavy atom. The van der Waals surface area contributed by atoms with Gasteiger partial charge in [0.15, 0.2) is 5.17 Å². The summed E-state index contributed by atoms with van der Waals surface area (Å²) in [5.74, 6) is 0.801. The highest BCUT2D eigenvalue weighted by molar-refractivity contribution is 8.13. The predicted octanol–water partition coefficient (Wildman–Crippen LogP) is 3.89. The summed E-state index contributed by atoms with van der Waals surface area (Å²) < 4.78 is 0. The third-order valence-corrected chi connectivity index (χ3v) is 3.86. The SMILES string of the molecule is Cc1ccc(C=NN=C(N)SCc2ccccc2)c(C)c1. The van der Waals surface area contributed by atoms with Gasteiger partial charge in [-0.05, 0) is 30.5 Å². The molecule has 2 aromatic carbocycles. The zero-order valence-electron chi connectivity index (χ0n) is 12.3. The first-order chi connectivity index (χ1) is 10.1. The molecule has 3 nitrogen and oxygen atoms in total. The van der Waals surface area contributed by atoms with E-state index in [4.69, 9.17) is 5.73 Å². The van der Waals surface area contributed by atoms with Crippen molar-refractivity contribution in [1.82, 2.24) is 0 Å². The van der Waals surface area contributed by atoms with Gasteiger partial charge in [0.25, 0.3) is 0 Å². The van der Waals surface area contributed by atoms with Crippen molar-refractivity contribution in [3.05, 3.63) is 70.8 Å². The molecule has 0 bridgehead atoms. The van der Waals surface area contributed by atoms with Gasteiger partial charge in [0.1, 0.15) is 0 Å². The van der Waals surface area contributed by atoms with E-state index in [9.17, 15) is 0 Å². The van der Waals surface area contributed by atoms with Crippen LogP contribution < -0.4 is 5.73 Å². The summed E-state index contributed by atoms with van der Waals surface area (Å²) in [6, 6.07) is 16.4. The summed E-state index contributed by atoms with van der Waals surface area (Å²) in [6.45, 7) is 4.13. The van der Waals surface area contributed by atoms with Gasteiger partial charge in [-0.25, -0.2) is 0 Å². The standard InChI is InChI=1S/C17H19N3S/c1-13-8-9-16(14(2)10-13)11-19-20-17(18)21-12-15-6-4-3-5-7-15/h3-11H,12H2,1-2H3,(H2,18,20). The summed E-state index contributed by atoms with van der Waals surface area (Å²) in [4.78, 5) is 0. The number of benzene rings is 2. The van der Waals surface area contributed by atoms with Crippen molar-refractivity contribution in [2.24, 2.45) is 15.9 Å². The molecule has 0 radical (unpaired) electrons. The molecule has 108 valence electrons. The number of aryl methyl sites for hydroxylation is 2. The number of rotatable bonds is 4. The molecule has 0 amide bonds. The molecule has 2 N–H and O–H groups in total. The molecule has 0 atom stereocenters. The highest BCUT2D eigenvalue weighted by atomic mass is 32.2. The molecule has 0 saturated carbocycles. The Bertz CT molecular complexity index is 648. The van der Waals surface area contributed by atoms with Crippen LogP contribution in [0.2, 0.25) is 0 Å². The van der Waals surface area contributed by atoms with Crippen LogP contribution in [0.1, 0.15) is 22.3 Å². The van der Waals surface area contributed by atoms with Crippen molar-refractivity contribution in [2.45, 2.75) is 19.6 Å². The average molecular weight is 297 g/mol. The first-order valence-corrected chi connectivity index (χ1v) is 7.74. The Balaban J connectivity index is 1.92. The summed E-state index contributed by atoms with van der Waals surface area (Å²) in [5.41, 5.74) is 10.6. The zero-order valence-corrected chi connectivity index (χ0v) is 13.1. The number of thioether (sulfide) groups is 1. The fraction of sp³-hybridized carbons (Fsp3) is 0.176. The lowest BCUT2D eigenvalue weighted by Gasteiger charge is -2.01. The third kappa shape index (κ3) is 5.08. The molecule has 4 heteroatoms. The minimum Gasteiger partial charge on any atom is -0.377 e.